The van der Waals surface area contributed by atoms with E-state index in [1.54, 1.807) is 37.3 Å². The van der Waals surface area contributed by atoms with Crippen molar-refractivity contribution < 1.29 is 31.5 Å². The molecular formula is C34H29ClF5N7O2. The molecule has 2 amide bonds. The summed E-state index contributed by atoms with van der Waals surface area (Å²) in [5, 5.41) is 7.61. The molecule has 0 bridgehead atoms. The van der Waals surface area contributed by atoms with Gasteiger partial charge in [0.05, 0.1) is 22.3 Å². The third-order valence-corrected chi connectivity index (χ3v) is 8.60. The zero-order chi connectivity index (χ0) is 35.2. The first kappa shape index (κ1) is 33.8. The number of rotatable bonds is 9. The van der Waals surface area contributed by atoms with Crippen LogP contribution < -0.4 is 16.0 Å². The number of aryl methyl sites for hydroxylation is 1. The second kappa shape index (κ2) is 12.7. The molecule has 0 spiro atoms. The van der Waals surface area contributed by atoms with Crippen molar-refractivity contribution in [2.45, 2.75) is 52.4 Å². The molecule has 3 aromatic carbocycles. The van der Waals surface area contributed by atoms with Crippen LogP contribution in [0.1, 0.15) is 49.7 Å². The summed E-state index contributed by atoms with van der Waals surface area (Å²) in [6.07, 6.45) is -3.22. The van der Waals surface area contributed by atoms with Crippen LogP contribution in [0.5, 0.6) is 0 Å². The summed E-state index contributed by atoms with van der Waals surface area (Å²) in [7, 11) is 0. The van der Waals surface area contributed by atoms with Crippen LogP contribution in [0.4, 0.5) is 39.3 Å². The van der Waals surface area contributed by atoms with Gasteiger partial charge < -0.3 is 20.5 Å². The van der Waals surface area contributed by atoms with Crippen LogP contribution >= 0.6 is 11.6 Å². The van der Waals surface area contributed by atoms with Gasteiger partial charge in [-0.15, -0.1) is 0 Å². The molecule has 49 heavy (non-hydrogen) atoms. The van der Waals surface area contributed by atoms with E-state index in [1.807, 2.05) is 18.4 Å². The lowest BCUT2D eigenvalue weighted by Gasteiger charge is -2.17. The van der Waals surface area contributed by atoms with Crippen molar-refractivity contribution in [1.29, 1.82) is 0 Å². The van der Waals surface area contributed by atoms with E-state index in [-0.39, 0.29) is 53.8 Å². The zero-order valence-corrected chi connectivity index (χ0v) is 27.1. The highest BCUT2D eigenvalue weighted by molar-refractivity contribution is 6.31. The molecule has 1 saturated carbocycles. The van der Waals surface area contributed by atoms with Gasteiger partial charge in [-0.25, -0.2) is 23.7 Å². The summed E-state index contributed by atoms with van der Waals surface area (Å²) in [6, 6.07) is 12.6. The number of benzene rings is 3. The van der Waals surface area contributed by atoms with E-state index in [4.69, 9.17) is 11.6 Å². The van der Waals surface area contributed by atoms with E-state index >= 15 is 4.39 Å². The topological polar surface area (TPSA) is 114 Å². The Balaban J connectivity index is 1.10. The molecule has 0 saturated heterocycles. The number of fused-ring (bicyclic) bond motifs is 1. The van der Waals surface area contributed by atoms with Crippen LogP contribution in [0.3, 0.4) is 0 Å². The molecule has 0 aliphatic heterocycles. The predicted molar refractivity (Wildman–Crippen MR) is 174 cm³/mol. The Hall–Kier alpha value is -5.11. The Bertz CT molecular complexity index is 2090. The Labute approximate surface area is 281 Å². The van der Waals surface area contributed by atoms with Crippen molar-refractivity contribution in [3.05, 3.63) is 94.4 Å². The first-order valence-corrected chi connectivity index (χ1v) is 15.6. The van der Waals surface area contributed by atoms with Crippen LogP contribution in [0.25, 0.3) is 22.3 Å². The number of hydrogen-bond donors (Lipinski definition) is 3. The maximum Gasteiger partial charge on any atom is 0.417 e. The van der Waals surface area contributed by atoms with Gasteiger partial charge in [-0.1, -0.05) is 23.7 Å². The largest absolute Gasteiger partial charge is 0.417 e. The van der Waals surface area contributed by atoms with E-state index in [0.717, 1.165) is 18.3 Å². The molecule has 0 unspecified atom stereocenters. The first-order valence-electron chi connectivity index (χ1n) is 15.2. The van der Waals surface area contributed by atoms with Crippen LogP contribution in [0, 0.1) is 24.0 Å². The maximum atomic E-state index is 15.0. The van der Waals surface area contributed by atoms with E-state index in [0.29, 0.717) is 22.6 Å². The number of imidazole rings is 1. The third-order valence-electron chi connectivity index (χ3n) is 8.27. The molecule has 0 radical (unpaired) electrons. The van der Waals surface area contributed by atoms with Crippen LogP contribution in [-0.4, -0.2) is 31.3 Å². The van der Waals surface area contributed by atoms with E-state index in [1.165, 1.54) is 12.1 Å². The second-order valence-corrected chi connectivity index (χ2v) is 12.5. The molecule has 0 atom stereocenters. The zero-order valence-electron chi connectivity index (χ0n) is 26.3. The fourth-order valence-electron chi connectivity index (χ4n) is 5.63. The molecule has 6 rings (SSSR count). The molecule has 1 aliphatic carbocycles. The molecule has 5 aromatic rings. The molecule has 1 fully saturated rings. The SMILES string of the molecule is Cc1nc2c(F)cc(-c3nc(Nc4ccc(CNC(=O)C5(C(=O)Nc6ccc(Cl)c(C(F)(F)F)c6)CC5)cc4)ncc3F)cc2n1C(C)C. The Morgan fingerprint density at radius 1 is 0.959 bits per heavy atom. The molecule has 3 N–H and O–H groups in total. The average molecular weight is 698 g/mol. The van der Waals surface area contributed by atoms with Gasteiger partial charge >= 0.3 is 6.18 Å². The minimum atomic E-state index is -4.71. The molecule has 9 nitrogen and oxygen atoms in total. The molecule has 2 heterocycles. The quantitative estimate of drug-likeness (QED) is 0.106. The number of carbonyl (C=O) groups excluding carboxylic acids is 2. The minimum Gasteiger partial charge on any atom is -0.351 e. The molecule has 15 heteroatoms. The average Bonchev–Trinajstić information content (AvgIpc) is 3.79. The standard InChI is InChI=1S/C34H29ClF5N7O2/c1-17(2)47-18(3)43-29-25(36)12-20(13-27(29)47)28-26(37)16-42-32(46-28)45-21-6-4-19(5-7-21)15-41-30(48)33(10-11-33)31(49)44-22-8-9-24(35)23(14-22)34(38,39)40/h4-9,12-14,16-17H,10-11,15H2,1-3H3,(H,41,48)(H,44,49)(H,42,45,46). The van der Waals surface area contributed by atoms with Gasteiger partial charge in [-0.05, 0) is 81.6 Å². The summed E-state index contributed by atoms with van der Waals surface area (Å²) in [6.45, 7) is 5.74. The summed E-state index contributed by atoms with van der Waals surface area (Å²) in [4.78, 5) is 38.5. The highest BCUT2D eigenvalue weighted by atomic mass is 35.5. The van der Waals surface area contributed by atoms with E-state index in [9.17, 15) is 27.2 Å². The van der Waals surface area contributed by atoms with Gasteiger partial charge in [0.1, 0.15) is 22.5 Å². The van der Waals surface area contributed by atoms with Crippen molar-refractivity contribution in [3.8, 4) is 11.3 Å². The predicted octanol–water partition coefficient (Wildman–Crippen LogP) is 8.11. The Morgan fingerprint density at radius 3 is 2.31 bits per heavy atom. The van der Waals surface area contributed by atoms with Crippen LogP contribution in [0.2, 0.25) is 5.02 Å². The number of hydrogen-bond acceptors (Lipinski definition) is 6. The lowest BCUT2D eigenvalue weighted by Crippen LogP contribution is -2.39. The first-order chi connectivity index (χ1) is 23.2. The Kier molecular flexibility index (Phi) is 8.78. The normalized spacial score (nSPS) is 13.8. The molecule has 2 aromatic heterocycles. The van der Waals surface area contributed by atoms with Crippen molar-refractivity contribution in [2.24, 2.45) is 5.41 Å². The van der Waals surface area contributed by atoms with Crippen LogP contribution in [0.15, 0.2) is 60.8 Å². The highest BCUT2D eigenvalue weighted by Gasteiger charge is 2.56. The monoisotopic (exact) mass is 697 g/mol. The number of anilines is 3. The van der Waals surface area contributed by atoms with E-state index in [2.05, 4.69) is 30.9 Å². The summed E-state index contributed by atoms with van der Waals surface area (Å²) in [5.41, 5.74) is -0.540. The Morgan fingerprint density at radius 2 is 1.65 bits per heavy atom. The number of amides is 2. The number of nitrogens with one attached hydrogen (secondary N) is 3. The van der Waals surface area contributed by atoms with Gasteiger partial charge in [-0.2, -0.15) is 13.2 Å². The van der Waals surface area contributed by atoms with Gasteiger partial charge in [-0.3, -0.25) is 9.59 Å². The fourth-order valence-corrected chi connectivity index (χ4v) is 5.85. The van der Waals surface area contributed by atoms with Gasteiger partial charge in [0.15, 0.2) is 11.6 Å². The van der Waals surface area contributed by atoms with Gasteiger partial charge in [0.25, 0.3) is 0 Å². The van der Waals surface area contributed by atoms with Crippen molar-refractivity contribution in [3.63, 3.8) is 0 Å². The number of alkyl halides is 3. The number of carbonyl (C=O) groups is 2. The van der Waals surface area contributed by atoms with Crippen molar-refractivity contribution >= 4 is 51.8 Å². The van der Waals surface area contributed by atoms with Crippen LogP contribution in [-0.2, 0) is 22.3 Å². The number of halogens is 6. The maximum absolute atomic E-state index is 15.0. The van der Waals surface area contributed by atoms with Gasteiger partial charge in [0, 0.05) is 29.5 Å². The second-order valence-electron chi connectivity index (χ2n) is 12.1. The molecule has 254 valence electrons. The third kappa shape index (κ3) is 6.77. The lowest BCUT2D eigenvalue weighted by molar-refractivity contribution is -0.138. The van der Waals surface area contributed by atoms with Crippen molar-refractivity contribution in [2.75, 3.05) is 10.6 Å². The molecule has 1 aliphatic rings. The van der Waals surface area contributed by atoms with Crippen molar-refractivity contribution in [1.82, 2.24) is 24.8 Å². The summed E-state index contributed by atoms with van der Waals surface area (Å²) < 4.78 is 71.5. The fraction of sp³-hybridized carbons (Fsp3) is 0.265. The number of nitrogens with zero attached hydrogens (tertiary/aromatic N) is 4. The summed E-state index contributed by atoms with van der Waals surface area (Å²) in [5.74, 6) is -1.89. The highest BCUT2D eigenvalue weighted by Crippen LogP contribution is 2.47. The smallest absolute Gasteiger partial charge is 0.351 e. The summed E-state index contributed by atoms with van der Waals surface area (Å²) >= 11 is 5.65. The van der Waals surface area contributed by atoms with E-state index < -0.39 is 45.6 Å². The van der Waals surface area contributed by atoms with Gasteiger partial charge in [0.2, 0.25) is 17.8 Å². The molecular weight excluding hydrogens is 669 g/mol. The number of aromatic nitrogens is 4. The minimum absolute atomic E-state index is 0.00346. The lowest BCUT2D eigenvalue weighted by atomic mass is 10.0.